The average Bonchev–Trinajstić information content (AvgIpc) is 2.81. The van der Waals surface area contributed by atoms with Crippen LogP contribution in [-0.4, -0.2) is 63.0 Å². The Labute approximate surface area is 104 Å². The molecule has 0 spiro atoms. The molecule has 0 aliphatic carbocycles. The quantitative estimate of drug-likeness (QED) is 0.689. The third kappa shape index (κ3) is 2.51. The topological polar surface area (TPSA) is 57.7 Å². The van der Waals surface area contributed by atoms with E-state index in [2.05, 4.69) is 0 Å². The molecule has 2 aliphatic rings. The summed E-state index contributed by atoms with van der Waals surface area (Å²) >= 11 is 0. The second-order valence-corrected chi connectivity index (χ2v) is 6.30. The third-order valence-corrected chi connectivity index (χ3v) is 4.69. The number of carbonyl (C=O) groups excluding carboxylic acids is 2. The van der Waals surface area contributed by atoms with Crippen LogP contribution >= 0.6 is 0 Å². The van der Waals surface area contributed by atoms with Crippen LogP contribution in [0.2, 0.25) is 0 Å². The van der Waals surface area contributed by atoms with E-state index in [-0.39, 0.29) is 24.4 Å². The summed E-state index contributed by atoms with van der Waals surface area (Å²) in [5, 5.41) is 0. The molecule has 0 aromatic carbocycles. The minimum atomic E-state index is -0.880. The van der Waals surface area contributed by atoms with E-state index in [1.165, 1.54) is 0 Å². The van der Waals surface area contributed by atoms with Crippen molar-refractivity contribution in [3.8, 4) is 0 Å². The number of carbonyl (C=O) groups is 2. The molecule has 0 bridgehead atoms. The lowest BCUT2D eigenvalue weighted by atomic mass is 10.1. The van der Waals surface area contributed by atoms with Crippen LogP contribution in [-0.2, 0) is 20.4 Å². The molecule has 2 amide bonds. The molecule has 0 aromatic rings. The fourth-order valence-corrected chi connectivity index (χ4v) is 3.12. The number of fused-ring (bicyclic) bond motifs is 1. The highest BCUT2D eigenvalue weighted by atomic mass is 32.2. The van der Waals surface area contributed by atoms with Gasteiger partial charge in [0, 0.05) is 35.4 Å². The summed E-state index contributed by atoms with van der Waals surface area (Å²) in [7, 11) is -0.880. The molecule has 2 rings (SSSR count). The van der Waals surface area contributed by atoms with Crippen molar-refractivity contribution in [3.05, 3.63) is 0 Å². The molecule has 96 valence electrons. The average molecular weight is 258 g/mol. The van der Waals surface area contributed by atoms with Gasteiger partial charge in [-0.1, -0.05) is 6.92 Å². The van der Waals surface area contributed by atoms with Gasteiger partial charge in [0.1, 0.15) is 6.04 Å². The van der Waals surface area contributed by atoms with Crippen LogP contribution < -0.4 is 0 Å². The molecule has 5 nitrogen and oxygen atoms in total. The summed E-state index contributed by atoms with van der Waals surface area (Å²) in [4.78, 5) is 27.2. The molecule has 2 atom stereocenters. The molecular weight excluding hydrogens is 240 g/mol. The number of nitrogens with zero attached hydrogens (tertiary/aromatic N) is 2. The van der Waals surface area contributed by atoms with Gasteiger partial charge in [0.05, 0.1) is 6.54 Å². The molecule has 2 aliphatic heterocycles. The van der Waals surface area contributed by atoms with Gasteiger partial charge in [0.2, 0.25) is 11.8 Å². The van der Waals surface area contributed by atoms with E-state index < -0.39 is 10.8 Å². The third-order valence-electron chi connectivity index (χ3n) is 3.41. The maximum Gasteiger partial charge on any atom is 0.245 e. The first-order chi connectivity index (χ1) is 8.13. The van der Waals surface area contributed by atoms with Gasteiger partial charge in [-0.3, -0.25) is 13.8 Å². The highest BCUT2D eigenvalue weighted by molar-refractivity contribution is 7.84. The highest BCUT2D eigenvalue weighted by Gasteiger charge is 2.41. The minimum absolute atomic E-state index is 0.0365. The Balaban J connectivity index is 1.97. The fourth-order valence-electron chi connectivity index (χ4n) is 2.41. The van der Waals surface area contributed by atoms with Crippen LogP contribution in [0.25, 0.3) is 0 Å². The van der Waals surface area contributed by atoms with Gasteiger partial charge in [0.25, 0.3) is 0 Å². The van der Waals surface area contributed by atoms with Crippen LogP contribution in [0.3, 0.4) is 0 Å². The van der Waals surface area contributed by atoms with Crippen molar-refractivity contribution in [2.24, 2.45) is 0 Å². The van der Waals surface area contributed by atoms with Crippen molar-refractivity contribution in [2.45, 2.75) is 25.8 Å². The lowest BCUT2D eigenvalue weighted by Gasteiger charge is -2.36. The van der Waals surface area contributed by atoms with E-state index in [1.54, 1.807) is 9.80 Å². The van der Waals surface area contributed by atoms with Gasteiger partial charge in [-0.15, -0.1) is 0 Å². The molecule has 0 saturated carbocycles. The van der Waals surface area contributed by atoms with Gasteiger partial charge in [-0.25, -0.2) is 0 Å². The van der Waals surface area contributed by atoms with Crippen molar-refractivity contribution in [2.75, 3.05) is 31.1 Å². The summed E-state index contributed by atoms with van der Waals surface area (Å²) in [6, 6.07) is -0.244. The summed E-state index contributed by atoms with van der Waals surface area (Å²) in [5.41, 5.74) is 0. The first kappa shape index (κ1) is 12.5. The Morgan fingerprint density at radius 2 is 2.18 bits per heavy atom. The van der Waals surface area contributed by atoms with Gasteiger partial charge >= 0.3 is 0 Å². The number of hydrogen-bond acceptors (Lipinski definition) is 3. The van der Waals surface area contributed by atoms with Crippen molar-refractivity contribution in [1.82, 2.24) is 9.80 Å². The van der Waals surface area contributed by atoms with Crippen molar-refractivity contribution in [3.63, 3.8) is 0 Å². The van der Waals surface area contributed by atoms with Crippen LogP contribution in [0.5, 0.6) is 0 Å². The molecular formula is C11H18N2O3S. The number of hydrogen-bond donors (Lipinski definition) is 0. The predicted octanol–water partition coefficient (Wildman–Crippen LogP) is -0.412. The molecule has 0 aromatic heterocycles. The zero-order chi connectivity index (χ0) is 12.4. The first-order valence-electron chi connectivity index (χ1n) is 6.06. The van der Waals surface area contributed by atoms with Crippen LogP contribution in [0, 0.1) is 0 Å². The maximum absolute atomic E-state index is 12.1. The summed E-state index contributed by atoms with van der Waals surface area (Å²) in [5.74, 6) is 1.15. The van der Waals surface area contributed by atoms with E-state index in [0.717, 1.165) is 12.8 Å². The lowest BCUT2D eigenvalue weighted by Crippen LogP contribution is -2.57. The van der Waals surface area contributed by atoms with Crippen LogP contribution in [0.4, 0.5) is 0 Å². The summed E-state index contributed by atoms with van der Waals surface area (Å²) < 4.78 is 11.3. The summed E-state index contributed by atoms with van der Waals surface area (Å²) in [6.45, 7) is 3.17. The van der Waals surface area contributed by atoms with Gasteiger partial charge in [0.15, 0.2) is 0 Å². The lowest BCUT2D eigenvalue weighted by molar-refractivity contribution is -0.153. The van der Waals surface area contributed by atoms with Crippen molar-refractivity contribution < 1.29 is 13.8 Å². The molecule has 2 saturated heterocycles. The molecule has 2 heterocycles. The molecule has 2 fully saturated rings. The molecule has 0 radical (unpaired) electrons. The normalized spacial score (nSPS) is 26.3. The Morgan fingerprint density at radius 3 is 2.88 bits per heavy atom. The van der Waals surface area contributed by atoms with E-state index in [9.17, 15) is 13.8 Å². The van der Waals surface area contributed by atoms with Crippen LogP contribution in [0.1, 0.15) is 19.8 Å². The second-order valence-electron chi connectivity index (χ2n) is 4.44. The molecule has 17 heavy (non-hydrogen) atoms. The van der Waals surface area contributed by atoms with E-state index in [4.69, 9.17) is 0 Å². The SMILES string of the molecule is CCS(=O)CCN1CC(=O)N2CCCC2C1=O. The fraction of sp³-hybridized carbons (Fsp3) is 0.818. The minimum Gasteiger partial charge on any atom is -0.331 e. The van der Waals surface area contributed by atoms with Crippen molar-refractivity contribution >= 4 is 22.6 Å². The van der Waals surface area contributed by atoms with Gasteiger partial charge in [-0.05, 0) is 12.8 Å². The van der Waals surface area contributed by atoms with Gasteiger partial charge in [-0.2, -0.15) is 0 Å². The molecule has 2 unspecified atom stereocenters. The predicted molar refractivity (Wildman–Crippen MR) is 64.9 cm³/mol. The number of rotatable bonds is 4. The standard InChI is InChI=1S/C11H18N2O3S/c1-2-17(16)7-6-12-8-10(14)13-5-3-4-9(13)11(12)15/h9H,2-8H2,1H3. The van der Waals surface area contributed by atoms with E-state index >= 15 is 0 Å². The monoisotopic (exact) mass is 258 g/mol. The van der Waals surface area contributed by atoms with Gasteiger partial charge < -0.3 is 9.80 Å². The zero-order valence-electron chi connectivity index (χ0n) is 10.1. The summed E-state index contributed by atoms with van der Waals surface area (Å²) in [6.07, 6.45) is 1.69. The largest absolute Gasteiger partial charge is 0.331 e. The number of amides is 2. The first-order valence-corrected chi connectivity index (χ1v) is 7.55. The number of piperazine rings is 1. The Morgan fingerprint density at radius 1 is 1.41 bits per heavy atom. The zero-order valence-corrected chi connectivity index (χ0v) is 10.9. The highest BCUT2D eigenvalue weighted by Crippen LogP contribution is 2.23. The van der Waals surface area contributed by atoms with E-state index in [1.807, 2.05) is 6.92 Å². The Hall–Kier alpha value is -0.910. The molecule has 6 heteroatoms. The molecule has 0 N–H and O–H groups in total. The maximum atomic E-state index is 12.1. The Bertz CT molecular complexity index is 359. The Kier molecular flexibility index (Phi) is 3.81. The smallest absolute Gasteiger partial charge is 0.245 e. The van der Waals surface area contributed by atoms with Crippen molar-refractivity contribution in [1.29, 1.82) is 0 Å². The van der Waals surface area contributed by atoms with Crippen LogP contribution in [0.15, 0.2) is 0 Å². The van der Waals surface area contributed by atoms with E-state index in [0.29, 0.717) is 24.6 Å². The second kappa shape index (κ2) is 5.16.